The van der Waals surface area contributed by atoms with Gasteiger partial charge in [0.15, 0.2) is 11.6 Å². The molecule has 3 atom stereocenters. The van der Waals surface area contributed by atoms with Gasteiger partial charge in [-0.2, -0.15) is 0 Å². The number of nitrogens with zero attached hydrogens (tertiary/aromatic N) is 1. The van der Waals surface area contributed by atoms with Gasteiger partial charge in [0.1, 0.15) is 0 Å². The van der Waals surface area contributed by atoms with Crippen molar-refractivity contribution in [1.82, 2.24) is 4.90 Å². The molecule has 1 N–H and O–H groups in total. The van der Waals surface area contributed by atoms with Crippen LogP contribution in [0.2, 0.25) is 0 Å². The molecule has 0 saturated carbocycles. The quantitative estimate of drug-likeness (QED) is 0.910. The van der Waals surface area contributed by atoms with Crippen molar-refractivity contribution in [3.63, 3.8) is 0 Å². The fourth-order valence-electron chi connectivity index (χ4n) is 2.86. The van der Waals surface area contributed by atoms with Gasteiger partial charge in [0.2, 0.25) is 0 Å². The average Bonchev–Trinajstić information content (AvgIpc) is 2.37. The summed E-state index contributed by atoms with van der Waals surface area (Å²) in [6, 6.07) is 4.44. The molecule has 2 nitrogen and oxygen atoms in total. The fourth-order valence-corrected chi connectivity index (χ4v) is 2.86. The molecule has 4 heteroatoms. The van der Waals surface area contributed by atoms with Gasteiger partial charge in [0, 0.05) is 18.6 Å². The first-order valence-electron chi connectivity index (χ1n) is 6.87. The van der Waals surface area contributed by atoms with E-state index >= 15 is 0 Å². The molecule has 0 spiro atoms. The molecular formula is C15H21F2NO. The summed E-state index contributed by atoms with van der Waals surface area (Å²) >= 11 is 0. The molecule has 0 amide bonds. The fraction of sp³-hybridized carbons (Fsp3) is 0.600. The third-order valence-corrected chi connectivity index (χ3v) is 4.09. The van der Waals surface area contributed by atoms with Crippen LogP contribution < -0.4 is 0 Å². The molecule has 0 radical (unpaired) electrons. The zero-order valence-electron chi connectivity index (χ0n) is 11.4. The number of hydrogen-bond donors (Lipinski definition) is 1. The SMILES string of the molecule is CC1CCCC(C)N1CC(O)c1ccc(F)c(F)c1. The Morgan fingerprint density at radius 3 is 2.42 bits per heavy atom. The molecule has 1 heterocycles. The molecule has 19 heavy (non-hydrogen) atoms. The highest BCUT2D eigenvalue weighted by Gasteiger charge is 2.27. The molecule has 106 valence electrons. The highest BCUT2D eigenvalue weighted by Crippen LogP contribution is 2.26. The minimum Gasteiger partial charge on any atom is -0.387 e. The van der Waals surface area contributed by atoms with Crippen LogP contribution in [0.1, 0.15) is 44.8 Å². The maximum Gasteiger partial charge on any atom is 0.159 e. The molecule has 2 rings (SSSR count). The number of β-amino-alcohol motifs (C(OH)–C–C–N with tert-alkyl or cyclic N) is 1. The molecule has 1 aliphatic rings. The molecule has 1 aromatic rings. The summed E-state index contributed by atoms with van der Waals surface area (Å²) < 4.78 is 26.0. The molecule has 0 bridgehead atoms. The Labute approximate surface area is 113 Å². The number of rotatable bonds is 3. The summed E-state index contributed by atoms with van der Waals surface area (Å²) in [5.41, 5.74) is 0.434. The lowest BCUT2D eigenvalue weighted by atomic mass is 9.96. The predicted octanol–water partition coefficient (Wildman–Crippen LogP) is 3.26. The Kier molecular flexibility index (Phi) is 4.53. The Hall–Kier alpha value is -1.00. The monoisotopic (exact) mass is 269 g/mol. The van der Waals surface area contributed by atoms with Crippen molar-refractivity contribution in [3.8, 4) is 0 Å². The van der Waals surface area contributed by atoms with Gasteiger partial charge in [-0.05, 0) is 44.4 Å². The Morgan fingerprint density at radius 2 is 1.84 bits per heavy atom. The lowest BCUT2D eigenvalue weighted by Crippen LogP contribution is -2.45. The van der Waals surface area contributed by atoms with Crippen LogP contribution >= 0.6 is 0 Å². The second-order valence-electron chi connectivity index (χ2n) is 5.52. The van der Waals surface area contributed by atoms with Gasteiger partial charge in [-0.3, -0.25) is 4.90 Å². The number of aliphatic hydroxyl groups excluding tert-OH is 1. The van der Waals surface area contributed by atoms with E-state index in [9.17, 15) is 13.9 Å². The van der Waals surface area contributed by atoms with Gasteiger partial charge in [-0.15, -0.1) is 0 Å². The largest absolute Gasteiger partial charge is 0.387 e. The van der Waals surface area contributed by atoms with Crippen LogP contribution in [-0.2, 0) is 0 Å². The van der Waals surface area contributed by atoms with Crippen molar-refractivity contribution in [1.29, 1.82) is 0 Å². The lowest BCUT2D eigenvalue weighted by molar-refractivity contribution is 0.0410. The summed E-state index contributed by atoms with van der Waals surface area (Å²) in [4.78, 5) is 2.25. The van der Waals surface area contributed by atoms with E-state index in [0.717, 1.165) is 25.0 Å². The smallest absolute Gasteiger partial charge is 0.159 e. The number of piperidine rings is 1. The molecule has 0 aliphatic carbocycles. The van der Waals surface area contributed by atoms with Crippen LogP contribution in [-0.4, -0.2) is 28.6 Å². The number of benzene rings is 1. The van der Waals surface area contributed by atoms with Crippen molar-refractivity contribution in [2.45, 2.75) is 51.3 Å². The molecule has 1 aliphatic heterocycles. The second kappa shape index (κ2) is 5.97. The van der Waals surface area contributed by atoms with Gasteiger partial charge < -0.3 is 5.11 Å². The van der Waals surface area contributed by atoms with E-state index in [2.05, 4.69) is 18.7 Å². The van der Waals surface area contributed by atoms with E-state index in [1.807, 2.05) is 0 Å². The minimum atomic E-state index is -0.906. The summed E-state index contributed by atoms with van der Waals surface area (Å²) in [5, 5.41) is 10.2. The first-order valence-corrected chi connectivity index (χ1v) is 6.87. The third kappa shape index (κ3) is 3.31. The minimum absolute atomic E-state index is 0.420. The lowest BCUT2D eigenvalue weighted by Gasteiger charge is -2.40. The zero-order chi connectivity index (χ0) is 14.0. The summed E-state index contributed by atoms with van der Waals surface area (Å²) in [7, 11) is 0. The van der Waals surface area contributed by atoms with Gasteiger partial charge in [-0.25, -0.2) is 8.78 Å². The van der Waals surface area contributed by atoms with Gasteiger partial charge in [0.05, 0.1) is 6.10 Å². The van der Waals surface area contributed by atoms with E-state index in [4.69, 9.17) is 0 Å². The molecular weight excluding hydrogens is 248 g/mol. The van der Waals surface area contributed by atoms with Crippen LogP contribution in [0, 0.1) is 11.6 Å². The molecule has 3 unspecified atom stereocenters. The van der Waals surface area contributed by atoms with Crippen molar-refractivity contribution in [3.05, 3.63) is 35.4 Å². The molecule has 1 saturated heterocycles. The standard InChI is InChI=1S/C15H21F2NO/c1-10-4-3-5-11(2)18(10)9-15(19)12-6-7-13(16)14(17)8-12/h6-8,10-11,15,19H,3-5,9H2,1-2H3. The zero-order valence-corrected chi connectivity index (χ0v) is 11.4. The average molecular weight is 269 g/mol. The first-order chi connectivity index (χ1) is 8.99. The second-order valence-corrected chi connectivity index (χ2v) is 5.52. The maximum atomic E-state index is 13.2. The number of hydrogen-bond acceptors (Lipinski definition) is 2. The van der Waals surface area contributed by atoms with Crippen molar-refractivity contribution >= 4 is 0 Å². The predicted molar refractivity (Wildman–Crippen MR) is 70.8 cm³/mol. The number of halogens is 2. The normalized spacial score (nSPS) is 26.4. The Balaban J connectivity index is 2.07. The van der Waals surface area contributed by atoms with Crippen molar-refractivity contribution in [2.24, 2.45) is 0 Å². The highest BCUT2D eigenvalue weighted by atomic mass is 19.2. The van der Waals surface area contributed by atoms with Crippen molar-refractivity contribution in [2.75, 3.05) is 6.54 Å². The van der Waals surface area contributed by atoms with E-state index in [-0.39, 0.29) is 0 Å². The summed E-state index contributed by atoms with van der Waals surface area (Å²) in [5.74, 6) is -1.79. The van der Waals surface area contributed by atoms with Crippen LogP contribution in [0.5, 0.6) is 0 Å². The van der Waals surface area contributed by atoms with Crippen LogP contribution in [0.15, 0.2) is 18.2 Å². The van der Waals surface area contributed by atoms with Gasteiger partial charge in [-0.1, -0.05) is 12.5 Å². The maximum absolute atomic E-state index is 13.2. The van der Waals surface area contributed by atoms with E-state index < -0.39 is 17.7 Å². The van der Waals surface area contributed by atoms with E-state index in [0.29, 0.717) is 24.2 Å². The van der Waals surface area contributed by atoms with E-state index in [1.54, 1.807) is 0 Å². The molecule has 0 aromatic heterocycles. The molecule has 1 aromatic carbocycles. The summed E-state index contributed by atoms with van der Waals surface area (Å²) in [6.45, 7) is 4.76. The van der Waals surface area contributed by atoms with Crippen molar-refractivity contribution < 1.29 is 13.9 Å². The summed E-state index contributed by atoms with van der Waals surface area (Å²) in [6.07, 6.45) is 2.67. The Morgan fingerprint density at radius 1 is 1.21 bits per heavy atom. The molecule has 1 fully saturated rings. The van der Waals surface area contributed by atoms with E-state index in [1.165, 1.54) is 12.5 Å². The van der Waals surface area contributed by atoms with Gasteiger partial charge >= 0.3 is 0 Å². The Bertz CT molecular complexity index is 428. The topological polar surface area (TPSA) is 23.5 Å². The first kappa shape index (κ1) is 14.4. The van der Waals surface area contributed by atoms with Gasteiger partial charge in [0.25, 0.3) is 0 Å². The highest BCUT2D eigenvalue weighted by molar-refractivity contribution is 5.20. The number of aliphatic hydroxyl groups is 1. The number of likely N-dealkylation sites (tertiary alicyclic amines) is 1. The van der Waals surface area contributed by atoms with Crippen LogP contribution in [0.4, 0.5) is 8.78 Å². The third-order valence-electron chi connectivity index (χ3n) is 4.09. The van der Waals surface area contributed by atoms with Crippen LogP contribution in [0.3, 0.4) is 0 Å². The van der Waals surface area contributed by atoms with Crippen LogP contribution in [0.25, 0.3) is 0 Å².